The summed E-state index contributed by atoms with van der Waals surface area (Å²) in [5.41, 5.74) is 0.943. The Hall–Kier alpha value is -1.92. The normalized spacial score (nSPS) is 11.2. The largest absolute Gasteiger partial charge is 0.395 e. The molecule has 0 unspecified atom stereocenters. The number of hydrogen-bond acceptors (Lipinski definition) is 4. The summed E-state index contributed by atoms with van der Waals surface area (Å²) in [6.07, 6.45) is 0. The lowest BCUT2D eigenvalue weighted by molar-refractivity contribution is -0.128. The van der Waals surface area contributed by atoms with Gasteiger partial charge in [-0.2, -0.15) is 0 Å². The maximum absolute atomic E-state index is 12.3. The number of nitrogens with one attached hydrogen (secondary N) is 1. The van der Waals surface area contributed by atoms with Crippen LogP contribution in [0, 0.1) is 5.41 Å². The van der Waals surface area contributed by atoms with Gasteiger partial charge in [-0.25, -0.2) is 0 Å². The van der Waals surface area contributed by atoms with Gasteiger partial charge in [-0.3, -0.25) is 9.59 Å². The van der Waals surface area contributed by atoms with E-state index in [9.17, 15) is 9.59 Å². The summed E-state index contributed by atoms with van der Waals surface area (Å²) in [4.78, 5) is 25.5. The lowest BCUT2D eigenvalue weighted by Gasteiger charge is -2.21. The Labute approximate surface area is 137 Å². The first-order valence-electron chi connectivity index (χ1n) is 7.68. The van der Waals surface area contributed by atoms with E-state index in [0.717, 1.165) is 5.56 Å². The van der Waals surface area contributed by atoms with Crippen LogP contribution in [0.15, 0.2) is 24.3 Å². The number of benzene rings is 1. The highest BCUT2D eigenvalue weighted by Crippen LogP contribution is 2.13. The molecule has 23 heavy (non-hydrogen) atoms. The highest BCUT2D eigenvalue weighted by Gasteiger charge is 2.20. The molecule has 1 aromatic carbocycles. The molecule has 0 aromatic heterocycles. The molecule has 0 aliphatic rings. The van der Waals surface area contributed by atoms with Crippen molar-refractivity contribution in [1.29, 1.82) is 0 Å². The molecule has 0 aliphatic heterocycles. The van der Waals surface area contributed by atoms with Crippen LogP contribution in [0.25, 0.3) is 0 Å². The standard InChI is InChI=1S/C17H26N2O4/c1-17(2,3)16(23)18-12-13-4-6-14(7-5-13)15(22)19(8-10-20)9-11-21/h4-7,20-21H,8-12H2,1-3H3,(H,18,23). The second-order valence-electron chi connectivity index (χ2n) is 6.37. The van der Waals surface area contributed by atoms with Gasteiger partial charge in [0, 0.05) is 30.6 Å². The minimum absolute atomic E-state index is 0.0327. The fraction of sp³-hybridized carbons (Fsp3) is 0.529. The van der Waals surface area contributed by atoms with Crippen LogP contribution in [0.2, 0.25) is 0 Å². The van der Waals surface area contributed by atoms with E-state index in [1.165, 1.54) is 4.90 Å². The van der Waals surface area contributed by atoms with Gasteiger partial charge in [0.2, 0.25) is 5.91 Å². The Morgan fingerprint density at radius 2 is 1.57 bits per heavy atom. The molecular weight excluding hydrogens is 296 g/mol. The molecule has 6 heteroatoms. The van der Waals surface area contributed by atoms with Gasteiger partial charge in [0.15, 0.2) is 0 Å². The van der Waals surface area contributed by atoms with Crippen LogP contribution in [-0.2, 0) is 11.3 Å². The predicted octanol–water partition coefficient (Wildman–Crippen LogP) is 0.776. The summed E-state index contributed by atoms with van der Waals surface area (Å²) in [7, 11) is 0. The zero-order valence-electron chi connectivity index (χ0n) is 14.0. The number of aliphatic hydroxyl groups is 2. The van der Waals surface area contributed by atoms with Crippen LogP contribution in [0.5, 0.6) is 0 Å². The molecule has 0 heterocycles. The van der Waals surface area contributed by atoms with E-state index >= 15 is 0 Å². The van der Waals surface area contributed by atoms with Gasteiger partial charge in [0.05, 0.1) is 13.2 Å². The summed E-state index contributed by atoms with van der Waals surface area (Å²) >= 11 is 0. The van der Waals surface area contributed by atoms with Crippen LogP contribution in [0.1, 0.15) is 36.7 Å². The van der Waals surface area contributed by atoms with Crippen molar-refractivity contribution in [3.05, 3.63) is 35.4 Å². The molecule has 6 nitrogen and oxygen atoms in total. The smallest absolute Gasteiger partial charge is 0.254 e. The van der Waals surface area contributed by atoms with Gasteiger partial charge in [-0.15, -0.1) is 0 Å². The monoisotopic (exact) mass is 322 g/mol. The van der Waals surface area contributed by atoms with E-state index in [-0.39, 0.29) is 38.1 Å². The average molecular weight is 322 g/mol. The second kappa shape index (κ2) is 8.64. The van der Waals surface area contributed by atoms with Gasteiger partial charge in [-0.05, 0) is 17.7 Å². The first-order valence-corrected chi connectivity index (χ1v) is 7.68. The number of aliphatic hydroxyl groups excluding tert-OH is 2. The fourth-order valence-corrected chi connectivity index (χ4v) is 1.95. The first kappa shape index (κ1) is 19.1. The summed E-state index contributed by atoms with van der Waals surface area (Å²) in [5.74, 6) is -0.270. The van der Waals surface area contributed by atoms with Crippen molar-refractivity contribution < 1.29 is 19.8 Å². The van der Waals surface area contributed by atoms with E-state index in [1.54, 1.807) is 24.3 Å². The zero-order chi connectivity index (χ0) is 17.5. The van der Waals surface area contributed by atoms with Gasteiger partial charge in [-0.1, -0.05) is 32.9 Å². The van der Waals surface area contributed by atoms with E-state index in [0.29, 0.717) is 12.1 Å². The molecule has 0 spiro atoms. The van der Waals surface area contributed by atoms with Gasteiger partial charge in [0.25, 0.3) is 5.91 Å². The molecule has 0 radical (unpaired) electrons. The molecule has 2 amide bonds. The molecule has 1 rings (SSSR count). The molecule has 0 saturated carbocycles. The highest BCUT2D eigenvalue weighted by molar-refractivity contribution is 5.94. The topological polar surface area (TPSA) is 89.9 Å². The van der Waals surface area contributed by atoms with Crippen molar-refractivity contribution in [3.8, 4) is 0 Å². The first-order chi connectivity index (χ1) is 10.8. The van der Waals surface area contributed by atoms with E-state index in [4.69, 9.17) is 10.2 Å². The summed E-state index contributed by atoms with van der Waals surface area (Å²) in [6, 6.07) is 6.93. The predicted molar refractivity (Wildman–Crippen MR) is 87.8 cm³/mol. The minimum Gasteiger partial charge on any atom is -0.395 e. The molecule has 3 N–H and O–H groups in total. The lowest BCUT2D eigenvalue weighted by atomic mass is 9.95. The molecule has 0 aliphatic carbocycles. The number of nitrogens with zero attached hydrogens (tertiary/aromatic N) is 1. The minimum atomic E-state index is -0.439. The number of rotatable bonds is 7. The number of carbonyl (C=O) groups excluding carboxylic acids is 2. The zero-order valence-corrected chi connectivity index (χ0v) is 14.0. The van der Waals surface area contributed by atoms with Crippen LogP contribution in [-0.4, -0.2) is 53.2 Å². The summed E-state index contributed by atoms with van der Waals surface area (Å²) < 4.78 is 0. The molecule has 1 aromatic rings. The molecule has 0 bridgehead atoms. The number of hydrogen-bond donors (Lipinski definition) is 3. The maximum Gasteiger partial charge on any atom is 0.254 e. The Morgan fingerprint density at radius 3 is 2.00 bits per heavy atom. The average Bonchev–Trinajstić information content (AvgIpc) is 2.51. The highest BCUT2D eigenvalue weighted by atomic mass is 16.3. The summed E-state index contributed by atoms with van der Waals surface area (Å²) in [6.45, 7) is 6.02. The van der Waals surface area contributed by atoms with Crippen molar-refractivity contribution in [1.82, 2.24) is 10.2 Å². The second-order valence-corrected chi connectivity index (χ2v) is 6.37. The number of amides is 2. The van der Waals surface area contributed by atoms with Crippen LogP contribution in [0.3, 0.4) is 0 Å². The summed E-state index contributed by atoms with van der Waals surface area (Å²) in [5, 5.41) is 20.8. The third-order valence-electron chi connectivity index (χ3n) is 3.36. The molecule has 0 fully saturated rings. The van der Waals surface area contributed by atoms with Crippen molar-refractivity contribution in [2.45, 2.75) is 27.3 Å². The van der Waals surface area contributed by atoms with Gasteiger partial charge in [0.1, 0.15) is 0 Å². The van der Waals surface area contributed by atoms with Crippen LogP contribution in [0.4, 0.5) is 0 Å². The molecule has 128 valence electrons. The van der Waals surface area contributed by atoms with Crippen molar-refractivity contribution in [3.63, 3.8) is 0 Å². The van der Waals surface area contributed by atoms with Crippen LogP contribution >= 0.6 is 0 Å². The van der Waals surface area contributed by atoms with E-state index in [2.05, 4.69) is 5.32 Å². The van der Waals surface area contributed by atoms with E-state index < -0.39 is 5.41 Å². The number of carbonyl (C=O) groups is 2. The SMILES string of the molecule is CC(C)(C)C(=O)NCc1ccc(C(=O)N(CCO)CCO)cc1. The Balaban J connectivity index is 2.68. The third-order valence-corrected chi connectivity index (χ3v) is 3.36. The Bertz CT molecular complexity index is 514. The third kappa shape index (κ3) is 6.00. The van der Waals surface area contributed by atoms with Gasteiger partial charge >= 0.3 is 0 Å². The molecular formula is C17H26N2O4. The van der Waals surface area contributed by atoms with Gasteiger partial charge < -0.3 is 20.4 Å². The molecule has 0 atom stereocenters. The van der Waals surface area contributed by atoms with Crippen molar-refractivity contribution in [2.75, 3.05) is 26.3 Å². The van der Waals surface area contributed by atoms with Crippen LogP contribution < -0.4 is 5.32 Å². The lowest BCUT2D eigenvalue weighted by Crippen LogP contribution is -2.36. The van der Waals surface area contributed by atoms with E-state index in [1.807, 2.05) is 20.8 Å². The van der Waals surface area contributed by atoms with Crippen molar-refractivity contribution in [2.24, 2.45) is 5.41 Å². The maximum atomic E-state index is 12.3. The van der Waals surface area contributed by atoms with Crippen molar-refractivity contribution >= 4 is 11.8 Å². The Morgan fingerprint density at radius 1 is 1.04 bits per heavy atom. The Kier molecular flexibility index (Phi) is 7.19. The quantitative estimate of drug-likeness (QED) is 0.692. The molecule has 0 saturated heterocycles. The fourth-order valence-electron chi connectivity index (χ4n) is 1.95.